The molecule has 4 rings (SSSR count). The smallest absolute Gasteiger partial charge is 0.0790 e. The molecule has 4 aromatic rings. The predicted octanol–water partition coefficient (Wildman–Crippen LogP) is 6.21. The lowest BCUT2D eigenvalue weighted by Crippen LogP contribution is -2.00. The summed E-state index contributed by atoms with van der Waals surface area (Å²) < 4.78 is 1.93. The van der Waals surface area contributed by atoms with Gasteiger partial charge in [-0.1, -0.05) is 103 Å². The summed E-state index contributed by atoms with van der Waals surface area (Å²) >= 11 is 0. The quantitative estimate of drug-likeness (QED) is 0.392. The summed E-state index contributed by atoms with van der Waals surface area (Å²) in [6, 6.07) is 28.9. The standard InChI is InChI=1S/C25H20N2/c1-3-9-21(10-4-1)15-17-23-13-7-14-24(25(23)27-20-8-19-26-27)18-16-22-11-5-2-6-12-22/h1-20H/b17-15+,18-16+. The van der Waals surface area contributed by atoms with Crippen molar-refractivity contribution in [2.24, 2.45) is 0 Å². The van der Waals surface area contributed by atoms with Gasteiger partial charge >= 0.3 is 0 Å². The largest absolute Gasteiger partial charge is 0.240 e. The number of benzene rings is 3. The molecule has 0 spiro atoms. The van der Waals surface area contributed by atoms with Crippen LogP contribution in [0.2, 0.25) is 0 Å². The Kier molecular flexibility index (Phi) is 5.07. The first-order valence-electron chi connectivity index (χ1n) is 8.99. The van der Waals surface area contributed by atoms with Crippen LogP contribution >= 0.6 is 0 Å². The van der Waals surface area contributed by atoms with Crippen molar-refractivity contribution in [3.63, 3.8) is 0 Å². The molecular weight excluding hydrogens is 328 g/mol. The summed E-state index contributed by atoms with van der Waals surface area (Å²) in [6.45, 7) is 0. The van der Waals surface area contributed by atoms with Crippen molar-refractivity contribution in [1.29, 1.82) is 0 Å². The molecule has 27 heavy (non-hydrogen) atoms. The first-order chi connectivity index (χ1) is 13.4. The van der Waals surface area contributed by atoms with Gasteiger partial charge in [0, 0.05) is 23.5 Å². The molecule has 0 unspecified atom stereocenters. The van der Waals surface area contributed by atoms with Gasteiger partial charge in [-0.15, -0.1) is 0 Å². The topological polar surface area (TPSA) is 17.8 Å². The summed E-state index contributed by atoms with van der Waals surface area (Å²) in [6.07, 6.45) is 12.3. The van der Waals surface area contributed by atoms with Crippen LogP contribution in [-0.4, -0.2) is 9.78 Å². The van der Waals surface area contributed by atoms with Crippen molar-refractivity contribution >= 4 is 24.3 Å². The molecule has 130 valence electrons. The van der Waals surface area contributed by atoms with Crippen molar-refractivity contribution in [3.8, 4) is 5.69 Å². The van der Waals surface area contributed by atoms with Gasteiger partial charge in [-0.05, 0) is 17.2 Å². The average molecular weight is 348 g/mol. The Morgan fingerprint density at radius 2 is 1.11 bits per heavy atom. The van der Waals surface area contributed by atoms with Crippen LogP contribution in [0.5, 0.6) is 0 Å². The zero-order valence-corrected chi connectivity index (χ0v) is 14.9. The van der Waals surface area contributed by atoms with Gasteiger partial charge in [0.2, 0.25) is 0 Å². The van der Waals surface area contributed by atoms with Crippen LogP contribution in [-0.2, 0) is 0 Å². The van der Waals surface area contributed by atoms with Crippen LogP contribution in [0.25, 0.3) is 30.0 Å². The summed E-state index contributed by atoms with van der Waals surface area (Å²) in [4.78, 5) is 0. The van der Waals surface area contributed by atoms with E-state index in [-0.39, 0.29) is 0 Å². The van der Waals surface area contributed by atoms with E-state index in [1.54, 1.807) is 0 Å². The maximum atomic E-state index is 4.47. The third kappa shape index (κ3) is 4.13. The Morgan fingerprint density at radius 1 is 0.556 bits per heavy atom. The predicted molar refractivity (Wildman–Crippen MR) is 114 cm³/mol. The minimum absolute atomic E-state index is 1.07. The van der Waals surface area contributed by atoms with Crippen LogP contribution in [0.15, 0.2) is 97.3 Å². The first kappa shape index (κ1) is 16.8. The van der Waals surface area contributed by atoms with Gasteiger partial charge in [0.15, 0.2) is 0 Å². The lowest BCUT2D eigenvalue weighted by Gasteiger charge is -2.11. The second-order valence-corrected chi connectivity index (χ2v) is 6.22. The van der Waals surface area contributed by atoms with Gasteiger partial charge in [0.05, 0.1) is 5.69 Å². The van der Waals surface area contributed by atoms with E-state index in [2.05, 4.69) is 71.9 Å². The van der Waals surface area contributed by atoms with Crippen LogP contribution in [0, 0.1) is 0 Å². The molecule has 0 atom stereocenters. The van der Waals surface area contributed by atoms with Gasteiger partial charge in [0.25, 0.3) is 0 Å². The van der Waals surface area contributed by atoms with Gasteiger partial charge < -0.3 is 0 Å². The zero-order valence-electron chi connectivity index (χ0n) is 14.9. The third-order valence-corrected chi connectivity index (χ3v) is 4.34. The molecule has 0 bridgehead atoms. The molecule has 0 radical (unpaired) electrons. The Hall–Kier alpha value is -3.65. The summed E-state index contributed by atoms with van der Waals surface area (Å²) in [5, 5.41) is 4.47. The molecule has 2 nitrogen and oxygen atoms in total. The van der Waals surface area contributed by atoms with Crippen LogP contribution in [0.3, 0.4) is 0 Å². The molecule has 0 fully saturated rings. The molecule has 1 aromatic heterocycles. The Labute approximate surface area is 159 Å². The molecule has 0 saturated carbocycles. The van der Waals surface area contributed by atoms with Crippen molar-refractivity contribution in [1.82, 2.24) is 9.78 Å². The average Bonchev–Trinajstić information content (AvgIpc) is 3.26. The van der Waals surface area contributed by atoms with Crippen molar-refractivity contribution in [3.05, 3.63) is 120 Å². The lowest BCUT2D eigenvalue weighted by atomic mass is 10.0. The highest BCUT2D eigenvalue weighted by Gasteiger charge is 2.07. The Morgan fingerprint density at radius 3 is 1.59 bits per heavy atom. The van der Waals surface area contributed by atoms with Gasteiger partial charge in [-0.2, -0.15) is 5.10 Å². The summed E-state index contributed by atoms with van der Waals surface area (Å²) in [7, 11) is 0. The lowest BCUT2D eigenvalue weighted by molar-refractivity contribution is 0.876. The molecule has 0 amide bonds. The highest BCUT2D eigenvalue weighted by molar-refractivity contribution is 5.81. The maximum absolute atomic E-state index is 4.47. The van der Waals surface area contributed by atoms with Crippen LogP contribution in [0.4, 0.5) is 0 Å². The van der Waals surface area contributed by atoms with E-state index in [4.69, 9.17) is 0 Å². The molecule has 0 N–H and O–H groups in total. The molecule has 0 aliphatic rings. The molecule has 0 aliphatic carbocycles. The molecule has 0 aliphatic heterocycles. The van der Waals surface area contributed by atoms with Crippen LogP contribution < -0.4 is 0 Å². The monoisotopic (exact) mass is 348 g/mol. The third-order valence-electron chi connectivity index (χ3n) is 4.34. The van der Waals surface area contributed by atoms with E-state index < -0.39 is 0 Å². The first-order valence-corrected chi connectivity index (χ1v) is 8.99. The van der Waals surface area contributed by atoms with E-state index in [9.17, 15) is 0 Å². The molecule has 3 aromatic carbocycles. The number of hydrogen-bond acceptors (Lipinski definition) is 1. The number of nitrogens with zero attached hydrogens (tertiary/aromatic N) is 2. The minimum atomic E-state index is 1.07. The SMILES string of the molecule is C(=C\c1cccc(/C=C/c2ccccc2)c1-n1cccn1)/c1ccccc1. The number of aromatic nitrogens is 2. The van der Waals surface area contributed by atoms with Crippen molar-refractivity contribution < 1.29 is 0 Å². The van der Waals surface area contributed by atoms with Crippen LogP contribution in [0.1, 0.15) is 22.3 Å². The fourth-order valence-electron chi connectivity index (χ4n) is 3.01. The highest BCUT2D eigenvalue weighted by atomic mass is 15.3. The highest BCUT2D eigenvalue weighted by Crippen LogP contribution is 2.24. The minimum Gasteiger partial charge on any atom is -0.240 e. The molecule has 0 saturated heterocycles. The normalized spacial score (nSPS) is 11.4. The number of para-hydroxylation sites is 1. The molecule has 1 heterocycles. The van der Waals surface area contributed by atoms with E-state index in [1.807, 2.05) is 59.5 Å². The summed E-state index contributed by atoms with van der Waals surface area (Å²) in [5.41, 5.74) is 5.67. The maximum Gasteiger partial charge on any atom is 0.0790 e. The summed E-state index contributed by atoms with van der Waals surface area (Å²) in [5.74, 6) is 0. The van der Waals surface area contributed by atoms with Gasteiger partial charge in [-0.25, -0.2) is 4.68 Å². The van der Waals surface area contributed by atoms with E-state index >= 15 is 0 Å². The fraction of sp³-hybridized carbons (Fsp3) is 0. The molecule has 2 heteroatoms. The van der Waals surface area contributed by atoms with E-state index in [0.717, 1.165) is 16.8 Å². The Balaban J connectivity index is 1.76. The van der Waals surface area contributed by atoms with Crippen molar-refractivity contribution in [2.45, 2.75) is 0 Å². The number of hydrogen-bond donors (Lipinski definition) is 0. The second kappa shape index (κ2) is 8.15. The van der Waals surface area contributed by atoms with Gasteiger partial charge in [-0.3, -0.25) is 0 Å². The number of rotatable bonds is 5. The van der Waals surface area contributed by atoms with E-state index in [0.29, 0.717) is 0 Å². The van der Waals surface area contributed by atoms with E-state index in [1.165, 1.54) is 11.1 Å². The zero-order chi connectivity index (χ0) is 18.3. The Bertz CT molecular complexity index is 976. The van der Waals surface area contributed by atoms with Crippen molar-refractivity contribution in [2.75, 3.05) is 0 Å². The second-order valence-electron chi connectivity index (χ2n) is 6.22. The van der Waals surface area contributed by atoms with Gasteiger partial charge in [0.1, 0.15) is 0 Å². The fourth-order valence-corrected chi connectivity index (χ4v) is 3.01. The molecular formula is C25H20N2.